The maximum Gasteiger partial charge on any atom is 0.336 e. The molecule has 1 aliphatic heterocycles. The van der Waals surface area contributed by atoms with Crippen molar-refractivity contribution >= 4 is 11.0 Å². The summed E-state index contributed by atoms with van der Waals surface area (Å²) >= 11 is 0. The van der Waals surface area contributed by atoms with E-state index in [4.69, 9.17) is 13.9 Å². The summed E-state index contributed by atoms with van der Waals surface area (Å²) in [4.78, 5) is 14.1. The topological polar surface area (TPSA) is 51.9 Å². The molecule has 0 spiro atoms. The van der Waals surface area contributed by atoms with Crippen molar-refractivity contribution in [2.45, 2.75) is 26.9 Å². The molecule has 1 aliphatic rings. The van der Waals surface area contributed by atoms with Gasteiger partial charge in [-0.25, -0.2) is 4.79 Å². The number of fused-ring (bicyclic) bond motifs is 2. The highest BCUT2D eigenvalue weighted by molar-refractivity contribution is 5.81. The van der Waals surface area contributed by atoms with E-state index in [0.29, 0.717) is 12.1 Å². The molecule has 2 aromatic carbocycles. The summed E-state index contributed by atoms with van der Waals surface area (Å²) in [6, 6.07) is 11.6. The van der Waals surface area contributed by atoms with Crippen LogP contribution in [-0.4, -0.2) is 18.7 Å². The lowest BCUT2D eigenvalue weighted by Gasteiger charge is -2.18. The van der Waals surface area contributed by atoms with Crippen LogP contribution in [0.15, 0.2) is 45.6 Å². The van der Waals surface area contributed by atoms with Gasteiger partial charge >= 0.3 is 5.63 Å². The first-order chi connectivity index (χ1) is 12.5. The highest BCUT2D eigenvalue weighted by atomic mass is 16.7. The molecule has 0 atom stereocenters. The second-order valence-corrected chi connectivity index (χ2v) is 6.88. The quantitative estimate of drug-likeness (QED) is 0.670. The van der Waals surface area contributed by atoms with Gasteiger partial charge in [0.25, 0.3) is 0 Å². The molecule has 0 fully saturated rings. The van der Waals surface area contributed by atoms with Gasteiger partial charge in [0.2, 0.25) is 6.79 Å². The molecule has 0 bridgehead atoms. The predicted molar refractivity (Wildman–Crippen MR) is 99.7 cm³/mol. The van der Waals surface area contributed by atoms with Gasteiger partial charge in [-0.3, -0.25) is 4.90 Å². The fourth-order valence-electron chi connectivity index (χ4n) is 3.31. The second-order valence-electron chi connectivity index (χ2n) is 6.88. The van der Waals surface area contributed by atoms with E-state index < -0.39 is 0 Å². The smallest absolute Gasteiger partial charge is 0.336 e. The molecule has 0 amide bonds. The lowest BCUT2D eigenvalue weighted by molar-refractivity contribution is 0.174. The van der Waals surface area contributed by atoms with Crippen LogP contribution in [0.1, 0.15) is 22.3 Å². The van der Waals surface area contributed by atoms with Crippen molar-refractivity contribution in [1.82, 2.24) is 4.90 Å². The van der Waals surface area contributed by atoms with Crippen molar-refractivity contribution in [1.29, 1.82) is 0 Å². The van der Waals surface area contributed by atoms with Crippen LogP contribution in [0.5, 0.6) is 11.5 Å². The molecule has 0 N–H and O–H groups in total. The van der Waals surface area contributed by atoms with E-state index >= 15 is 0 Å². The van der Waals surface area contributed by atoms with Crippen molar-refractivity contribution in [2.75, 3.05) is 13.8 Å². The number of benzene rings is 2. The van der Waals surface area contributed by atoms with Gasteiger partial charge in [-0.15, -0.1) is 0 Å². The lowest BCUT2D eigenvalue weighted by atomic mass is 10.0. The third-order valence-electron chi connectivity index (χ3n) is 4.77. The minimum Gasteiger partial charge on any atom is -0.454 e. The molecule has 1 aromatic heterocycles. The molecule has 0 saturated carbocycles. The van der Waals surface area contributed by atoms with Gasteiger partial charge in [0, 0.05) is 24.5 Å². The van der Waals surface area contributed by atoms with Crippen LogP contribution in [0.4, 0.5) is 0 Å². The molecule has 3 aromatic rings. The van der Waals surface area contributed by atoms with E-state index in [9.17, 15) is 4.79 Å². The summed E-state index contributed by atoms with van der Waals surface area (Å²) in [6.07, 6.45) is 0. The largest absolute Gasteiger partial charge is 0.454 e. The highest BCUT2D eigenvalue weighted by Gasteiger charge is 2.15. The van der Waals surface area contributed by atoms with Gasteiger partial charge in [0.05, 0.1) is 0 Å². The van der Waals surface area contributed by atoms with Gasteiger partial charge in [0.1, 0.15) is 5.58 Å². The van der Waals surface area contributed by atoms with Crippen molar-refractivity contribution in [3.8, 4) is 11.5 Å². The zero-order valence-electron chi connectivity index (χ0n) is 15.2. The van der Waals surface area contributed by atoms with Crippen LogP contribution >= 0.6 is 0 Å². The Morgan fingerprint density at radius 3 is 2.58 bits per heavy atom. The van der Waals surface area contributed by atoms with E-state index in [1.165, 1.54) is 5.56 Å². The first-order valence-corrected chi connectivity index (χ1v) is 8.60. The molecule has 5 heteroatoms. The Morgan fingerprint density at radius 2 is 1.73 bits per heavy atom. The molecule has 0 aliphatic carbocycles. The van der Waals surface area contributed by atoms with Crippen molar-refractivity contribution in [3.05, 3.63) is 69.1 Å². The summed E-state index contributed by atoms with van der Waals surface area (Å²) in [5.74, 6) is 1.57. The fourth-order valence-corrected chi connectivity index (χ4v) is 3.31. The van der Waals surface area contributed by atoms with Gasteiger partial charge in [-0.05, 0) is 67.4 Å². The fraction of sp³-hybridized carbons (Fsp3) is 0.286. The maximum atomic E-state index is 12.0. The van der Waals surface area contributed by atoms with E-state index in [1.54, 1.807) is 6.07 Å². The molecule has 134 valence electrons. The van der Waals surface area contributed by atoms with Crippen molar-refractivity contribution in [2.24, 2.45) is 0 Å². The molecule has 0 saturated heterocycles. The first kappa shape index (κ1) is 16.7. The average molecular weight is 351 g/mol. The summed E-state index contributed by atoms with van der Waals surface area (Å²) in [5.41, 5.74) is 4.75. The van der Waals surface area contributed by atoms with E-state index in [-0.39, 0.29) is 12.4 Å². The summed E-state index contributed by atoms with van der Waals surface area (Å²) in [7, 11) is 2.03. The number of rotatable bonds is 4. The number of aryl methyl sites for hydroxylation is 2. The summed E-state index contributed by atoms with van der Waals surface area (Å²) < 4.78 is 16.2. The highest BCUT2D eigenvalue weighted by Crippen LogP contribution is 2.33. The van der Waals surface area contributed by atoms with Crippen molar-refractivity contribution < 1.29 is 13.9 Å². The zero-order chi connectivity index (χ0) is 18.3. The predicted octanol–water partition coefficient (Wildman–Crippen LogP) is 3.77. The molecule has 26 heavy (non-hydrogen) atoms. The molecule has 5 nitrogen and oxygen atoms in total. The minimum atomic E-state index is -0.313. The first-order valence-electron chi connectivity index (χ1n) is 8.60. The third kappa shape index (κ3) is 3.18. The van der Waals surface area contributed by atoms with E-state index in [2.05, 4.69) is 17.9 Å². The number of nitrogens with zero attached hydrogens (tertiary/aromatic N) is 1. The van der Waals surface area contributed by atoms with Crippen LogP contribution in [0.2, 0.25) is 0 Å². The van der Waals surface area contributed by atoms with Crippen LogP contribution in [0.3, 0.4) is 0 Å². The second kappa shape index (κ2) is 6.50. The van der Waals surface area contributed by atoms with Crippen molar-refractivity contribution in [3.63, 3.8) is 0 Å². The van der Waals surface area contributed by atoms with Crippen LogP contribution < -0.4 is 15.1 Å². The average Bonchev–Trinajstić information content (AvgIpc) is 3.04. The molecular weight excluding hydrogens is 330 g/mol. The Kier molecular flexibility index (Phi) is 4.17. The number of hydrogen-bond donors (Lipinski definition) is 0. The number of hydrogen-bond acceptors (Lipinski definition) is 5. The Balaban J connectivity index is 1.60. The molecule has 0 radical (unpaired) electrons. The molecule has 2 heterocycles. The summed E-state index contributed by atoms with van der Waals surface area (Å²) in [6.45, 7) is 5.76. The molecule has 0 unspecified atom stereocenters. The number of ether oxygens (including phenoxy) is 2. The van der Waals surface area contributed by atoms with Gasteiger partial charge in [-0.1, -0.05) is 6.07 Å². The standard InChI is InChI=1S/C21H21NO4/c1-13-6-17-16(9-21(23)26-19(17)7-14(13)2)11-22(3)10-15-4-5-18-20(8-15)25-12-24-18/h4-9H,10-12H2,1-3H3. The van der Waals surface area contributed by atoms with Crippen LogP contribution in [-0.2, 0) is 13.1 Å². The van der Waals surface area contributed by atoms with Gasteiger partial charge in [-0.2, -0.15) is 0 Å². The maximum absolute atomic E-state index is 12.0. The van der Waals surface area contributed by atoms with Gasteiger partial charge < -0.3 is 13.9 Å². The molecule has 4 rings (SSSR count). The Hall–Kier alpha value is -2.79. The Bertz CT molecular complexity index is 1040. The monoisotopic (exact) mass is 351 g/mol. The Morgan fingerprint density at radius 1 is 0.962 bits per heavy atom. The van der Waals surface area contributed by atoms with E-state index in [1.807, 2.05) is 38.2 Å². The summed E-state index contributed by atoms with van der Waals surface area (Å²) in [5, 5.41) is 0.991. The SMILES string of the molecule is Cc1cc2oc(=O)cc(CN(C)Cc3ccc4c(c3)OCO4)c2cc1C. The Labute approximate surface area is 151 Å². The van der Waals surface area contributed by atoms with E-state index in [0.717, 1.165) is 40.1 Å². The third-order valence-corrected chi connectivity index (χ3v) is 4.77. The van der Waals surface area contributed by atoms with Gasteiger partial charge in [0.15, 0.2) is 11.5 Å². The zero-order valence-corrected chi connectivity index (χ0v) is 15.2. The van der Waals surface area contributed by atoms with Crippen LogP contribution in [0, 0.1) is 13.8 Å². The molecular formula is C21H21NO4. The normalized spacial score (nSPS) is 12.9. The van der Waals surface area contributed by atoms with Crippen LogP contribution in [0.25, 0.3) is 11.0 Å². The minimum absolute atomic E-state index is 0.277. The lowest BCUT2D eigenvalue weighted by Crippen LogP contribution is -2.18.